The predicted octanol–water partition coefficient (Wildman–Crippen LogP) is 5.58. The smallest absolute Gasteiger partial charge is 0.138 e. The summed E-state index contributed by atoms with van der Waals surface area (Å²) >= 11 is 19.2. The topological polar surface area (TPSA) is 35.2 Å². The fraction of sp³-hybridized carbons (Fsp3) is 0.143. The van der Waals surface area contributed by atoms with Crippen molar-refractivity contribution in [2.75, 3.05) is 7.11 Å². The van der Waals surface area contributed by atoms with Gasteiger partial charge in [0.05, 0.1) is 22.6 Å². The zero-order valence-electron chi connectivity index (χ0n) is 10.5. The van der Waals surface area contributed by atoms with Gasteiger partial charge in [-0.3, -0.25) is 0 Å². The molecule has 0 saturated carbocycles. The Bertz CT molecular complexity index is 649. The summed E-state index contributed by atoms with van der Waals surface area (Å²) < 4.78 is 6.96. The minimum Gasteiger partial charge on any atom is -0.495 e. The SMILES string of the molecule is COc1c(Br)cc(Cl)cc1C(N)c1cccc(Br)c1Cl. The molecule has 0 heterocycles. The largest absolute Gasteiger partial charge is 0.495 e. The Morgan fingerprint density at radius 2 is 1.80 bits per heavy atom. The van der Waals surface area contributed by atoms with Crippen LogP contribution in [0.2, 0.25) is 10.0 Å². The van der Waals surface area contributed by atoms with Gasteiger partial charge in [-0.05, 0) is 55.6 Å². The first-order valence-corrected chi connectivity index (χ1v) is 8.02. The Labute approximate surface area is 144 Å². The maximum Gasteiger partial charge on any atom is 0.138 e. The molecule has 0 aromatic heterocycles. The molecule has 2 nitrogen and oxygen atoms in total. The molecule has 2 aromatic carbocycles. The fourth-order valence-electron chi connectivity index (χ4n) is 1.95. The summed E-state index contributed by atoms with van der Waals surface area (Å²) in [7, 11) is 1.59. The molecule has 0 spiro atoms. The number of nitrogens with two attached hydrogens (primary N) is 1. The molecule has 0 amide bonds. The first-order valence-electron chi connectivity index (χ1n) is 5.68. The van der Waals surface area contributed by atoms with E-state index in [0.29, 0.717) is 15.8 Å². The highest BCUT2D eigenvalue weighted by Gasteiger charge is 2.20. The third kappa shape index (κ3) is 3.15. The molecule has 6 heteroatoms. The molecule has 0 aliphatic rings. The van der Waals surface area contributed by atoms with Crippen molar-refractivity contribution in [3.8, 4) is 5.75 Å². The lowest BCUT2D eigenvalue weighted by molar-refractivity contribution is 0.405. The molecular weight excluding hydrogens is 429 g/mol. The lowest BCUT2D eigenvalue weighted by atomic mass is 9.98. The van der Waals surface area contributed by atoms with E-state index in [4.69, 9.17) is 33.7 Å². The Morgan fingerprint density at radius 1 is 1.10 bits per heavy atom. The summed E-state index contributed by atoms with van der Waals surface area (Å²) in [6.07, 6.45) is 0. The van der Waals surface area contributed by atoms with Crippen molar-refractivity contribution in [3.63, 3.8) is 0 Å². The lowest BCUT2D eigenvalue weighted by Gasteiger charge is -2.19. The van der Waals surface area contributed by atoms with E-state index in [1.54, 1.807) is 19.2 Å². The monoisotopic (exact) mass is 437 g/mol. The van der Waals surface area contributed by atoms with Crippen LogP contribution in [-0.4, -0.2) is 7.11 Å². The second-order valence-corrected chi connectivity index (χ2v) is 6.65. The molecule has 0 radical (unpaired) electrons. The van der Waals surface area contributed by atoms with E-state index in [1.807, 2.05) is 18.2 Å². The van der Waals surface area contributed by atoms with E-state index in [0.717, 1.165) is 20.1 Å². The van der Waals surface area contributed by atoms with Gasteiger partial charge in [-0.1, -0.05) is 35.3 Å². The molecule has 0 fully saturated rings. The van der Waals surface area contributed by atoms with Crippen LogP contribution in [0.3, 0.4) is 0 Å². The Kier molecular flexibility index (Phi) is 5.37. The summed E-state index contributed by atoms with van der Waals surface area (Å²) in [6.45, 7) is 0. The van der Waals surface area contributed by atoms with Gasteiger partial charge in [0.1, 0.15) is 5.75 Å². The molecule has 2 rings (SSSR count). The van der Waals surface area contributed by atoms with Gasteiger partial charge < -0.3 is 10.5 Å². The Morgan fingerprint density at radius 3 is 2.45 bits per heavy atom. The highest BCUT2D eigenvalue weighted by Crippen LogP contribution is 2.40. The Hall–Kier alpha value is -0.260. The van der Waals surface area contributed by atoms with Gasteiger partial charge in [0, 0.05) is 15.1 Å². The van der Waals surface area contributed by atoms with Gasteiger partial charge in [0.15, 0.2) is 0 Å². The molecule has 0 bridgehead atoms. The van der Waals surface area contributed by atoms with E-state index in [1.165, 1.54) is 0 Å². The fourth-order valence-corrected chi connectivity index (χ4v) is 3.58. The number of halogens is 4. The quantitative estimate of drug-likeness (QED) is 0.678. The normalized spacial score (nSPS) is 12.3. The van der Waals surface area contributed by atoms with Gasteiger partial charge in [0.25, 0.3) is 0 Å². The summed E-state index contributed by atoms with van der Waals surface area (Å²) in [5.41, 5.74) is 7.91. The summed E-state index contributed by atoms with van der Waals surface area (Å²) in [6, 6.07) is 8.74. The predicted molar refractivity (Wildman–Crippen MR) is 90.9 cm³/mol. The average Bonchev–Trinajstić information content (AvgIpc) is 2.40. The van der Waals surface area contributed by atoms with Gasteiger partial charge >= 0.3 is 0 Å². The van der Waals surface area contributed by atoms with Crippen LogP contribution in [0.1, 0.15) is 17.2 Å². The van der Waals surface area contributed by atoms with Crippen molar-refractivity contribution < 1.29 is 4.74 Å². The van der Waals surface area contributed by atoms with E-state index < -0.39 is 6.04 Å². The zero-order chi connectivity index (χ0) is 14.9. The van der Waals surface area contributed by atoms with Crippen LogP contribution in [0.25, 0.3) is 0 Å². The van der Waals surface area contributed by atoms with Gasteiger partial charge in [-0.15, -0.1) is 0 Å². The summed E-state index contributed by atoms with van der Waals surface area (Å²) in [4.78, 5) is 0. The maximum atomic E-state index is 6.34. The number of ether oxygens (including phenoxy) is 1. The molecule has 0 aliphatic heterocycles. The summed E-state index contributed by atoms with van der Waals surface area (Å²) in [5.74, 6) is 0.651. The van der Waals surface area contributed by atoms with Crippen molar-refractivity contribution in [2.24, 2.45) is 5.73 Å². The van der Waals surface area contributed by atoms with Crippen LogP contribution < -0.4 is 10.5 Å². The van der Waals surface area contributed by atoms with E-state index in [2.05, 4.69) is 31.9 Å². The number of hydrogen-bond donors (Lipinski definition) is 1. The van der Waals surface area contributed by atoms with Gasteiger partial charge in [-0.25, -0.2) is 0 Å². The highest BCUT2D eigenvalue weighted by molar-refractivity contribution is 9.10. The lowest BCUT2D eigenvalue weighted by Crippen LogP contribution is -2.14. The van der Waals surface area contributed by atoms with Gasteiger partial charge in [0.2, 0.25) is 0 Å². The molecule has 1 atom stereocenters. The van der Waals surface area contributed by atoms with E-state index >= 15 is 0 Å². The van der Waals surface area contributed by atoms with E-state index in [9.17, 15) is 0 Å². The second kappa shape index (κ2) is 6.67. The standard InChI is InChI=1S/C14H11Br2Cl2NO/c1-20-14-9(5-7(17)6-11(14)16)13(19)8-3-2-4-10(15)12(8)18/h2-6,13H,19H2,1H3. The second-order valence-electron chi connectivity index (χ2n) is 4.13. The van der Waals surface area contributed by atoms with Gasteiger partial charge in [-0.2, -0.15) is 0 Å². The van der Waals surface area contributed by atoms with Crippen LogP contribution in [0, 0.1) is 0 Å². The Balaban J connectivity index is 2.58. The van der Waals surface area contributed by atoms with Crippen molar-refractivity contribution >= 4 is 55.1 Å². The highest BCUT2D eigenvalue weighted by atomic mass is 79.9. The van der Waals surface area contributed by atoms with Crippen LogP contribution in [0.4, 0.5) is 0 Å². The number of benzene rings is 2. The van der Waals surface area contributed by atoms with Crippen LogP contribution in [-0.2, 0) is 0 Å². The van der Waals surface area contributed by atoms with Crippen molar-refractivity contribution in [1.82, 2.24) is 0 Å². The zero-order valence-corrected chi connectivity index (χ0v) is 15.1. The minimum absolute atomic E-state index is 0.440. The van der Waals surface area contributed by atoms with E-state index in [-0.39, 0.29) is 0 Å². The molecule has 0 saturated heterocycles. The molecule has 2 aromatic rings. The maximum absolute atomic E-state index is 6.34. The molecule has 1 unspecified atom stereocenters. The first kappa shape index (κ1) is 16.1. The summed E-state index contributed by atoms with van der Waals surface area (Å²) in [5, 5.41) is 1.16. The molecule has 20 heavy (non-hydrogen) atoms. The third-order valence-electron chi connectivity index (χ3n) is 2.89. The molecule has 106 valence electrons. The van der Waals surface area contributed by atoms with Crippen LogP contribution >= 0.6 is 55.1 Å². The van der Waals surface area contributed by atoms with Crippen LogP contribution in [0.5, 0.6) is 5.75 Å². The molecule has 2 N–H and O–H groups in total. The first-order chi connectivity index (χ1) is 9.45. The third-order valence-corrected chi connectivity index (χ3v) is 5.01. The van der Waals surface area contributed by atoms with Crippen molar-refractivity contribution in [2.45, 2.75) is 6.04 Å². The average molecular weight is 440 g/mol. The minimum atomic E-state index is -0.440. The van der Waals surface area contributed by atoms with Crippen molar-refractivity contribution in [1.29, 1.82) is 0 Å². The number of methoxy groups -OCH3 is 1. The molecule has 0 aliphatic carbocycles. The van der Waals surface area contributed by atoms with Crippen molar-refractivity contribution in [3.05, 3.63) is 60.4 Å². The number of hydrogen-bond acceptors (Lipinski definition) is 2. The van der Waals surface area contributed by atoms with Crippen LogP contribution in [0.15, 0.2) is 39.3 Å². The number of rotatable bonds is 3. The molecular formula is C14H11Br2Cl2NO.